The summed E-state index contributed by atoms with van der Waals surface area (Å²) in [5.41, 5.74) is 0. The standard InChI is InChI=1S/C5H2F6O/c6-3(2-12)1-4(7,8)5(9,10)11/h1-2H/b3-1-. The highest BCUT2D eigenvalue weighted by Crippen LogP contribution is 2.37. The van der Waals surface area contributed by atoms with Crippen LogP contribution in [0.25, 0.3) is 0 Å². The quantitative estimate of drug-likeness (QED) is 0.372. The molecule has 0 rings (SSSR count). The fourth-order valence-corrected chi connectivity index (χ4v) is 0.289. The molecule has 0 bridgehead atoms. The van der Waals surface area contributed by atoms with E-state index in [-0.39, 0.29) is 0 Å². The number of hydrogen-bond donors (Lipinski definition) is 0. The first-order chi connectivity index (χ1) is 5.20. The van der Waals surface area contributed by atoms with Crippen LogP contribution in [-0.4, -0.2) is 18.4 Å². The fourth-order valence-electron chi connectivity index (χ4n) is 0.289. The molecule has 0 aromatic carbocycles. The number of carbonyl (C=O) groups is 1. The summed E-state index contributed by atoms with van der Waals surface area (Å²) in [6.07, 6.45) is -7.70. The molecule has 0 atom stereocenters. The monoisotopic (exact) mass is 192 g/mol. The largest absolute Gasteiger partial charge is 0.457 e. The number of rotatable bonds is 2. The molecule has 0 radical (unpaired) electrons. The van der Waals surface area contributed by atoms with Gasteiger partial charge in [-0.1, -0.05) is 0 Å². The van der Waals surface area contributed by atoms with Crippen LogP contribution in [0.15, 0.2) is 11.9 Å². The van der Waals surface area contributed by atoms with Crippen LogP contribution in [0.3, 0.4) is 0 Å². The molecule has 0 saturated carbocycles. The van der Waals surface area contributed by atoms with Crippen molar-refractivity contribution >= 4 is 6.29 Å². The van der Waals surface area contributed by atoms with Gasteiger partial charge in [-0.25, -0.2) is 4.39 Å². The van der Waals surface area contributed by atoms with Crippen molar-refractivity contribution in [1.29, 1.82) is 0 Å². The van der Waals surface area contributed by atoms with Gasteiger partial charge >= 0.3 is 12.1 Å². The molecule has 1 nitrogen and oxygen atoms in total. The van der Waals surface area contributed by atoms with E-state index in [1.807, 2.05) is 0 Å². The molecule has 0 spiro atoms. The molecule has 0 saturated heterocycles. The highest BCUT2D eigenvalue weighted by atomic mass is 19.4. The van der Waals surface area contributed by atoms with Crippen molar-refractivity contribution in [3.63, 3.8) is 0 Å². The Hall–Kier alpha value is -1.01. The third-order valence-electron chi connectivity index (χ3n) is 0.810. The normalized spacial score (nSPS) is 14.7. The van der Waals surface area contributed by atoms with Gasteiger partial charge in [0.05, 0.1) is 0 Å². The van der Waals surface area contributed by atoms with Crippen molar-refractivity contribution in [3.8, 4) is 0 Å². The number of allylic oxidation sites excluding steroid dienone is 2. The summed E-state index contributed by atoms with van der Waals surface area (Å²) in [5.74, 6) is -7.46. The highest BCUT2D eigenvalue weighted by Gasteiger charge is 2.56. The summed E-state index contributed by atoms with van der Waals surface area (Å²) in [7, 11) is 0. The van der Waals surface area contributed by atoms with E-state index in [9.17, 15) is 31.1 Å². The van der Waals surface area contributed by atoms with Gasteiger partial charge in [-0.3, -0.25) is 4.79 Å². The summed E-state index contributed by atoms with van der Waals surface area (Å²) >= 11 is 0. The zero-order chi connectivity index (χ0) is 9.99. The van der Waals surface area contributed by atoms with Gasteiger partial charge in [0, 0.05) is 6.08 Å². The van der Waals surface area contributed by atoms with E-state index in [0.717, 1.165) is 0 Å². The SMILES string of the molecule is O=C/C(F)=C/C(F)(F)C(F)(F)F. The first-order valence-electron chi connectivity index (χ1n) is 2.49. The van der Waals surface area contributed by atoms with E-state index < -0.39 is 30.3 Å². The Labute approximate surface area is 62.7 Å². The maximum absolute atomic E-state index is 11.8. The molecule has 0 heterocycles. The molecule has 12 heavy (non-hydrogen) atoms. The minimum atomic E-state index is -5.88. The minimum Gasteiger partial charge on any atom is -0.295 e. The number of halogens is 6. The molecule has 0 aromatic rings. The van der Waals surface area contributed by atoms with Crippen LogP contribution in [0, 0.1) is 0 Å². The van der Waals surface area contributed by atoms with E-state index in [1.54, 1.807) is 0 Å². The second kappa shape index (κ2) is 3.16. The second-order valence-electron chi connectivity index (χ2n) is 1.77. The summed E-state index contributed by atoms with van der Waals surface area (Å²) in [6, 6.07) is 0. The molecule has 7 heteroatoms. The van der Waals surface area contributed by atoms with Crippen LogP contribution >= 0.6 is 0 Å². The van der Waals surface area contributed by atoms with E-state index in [1.165, 1.54) is 0 Å². The fraction of sp³-hybridized carbons (Fsp3) is 0.400. The van der Waals surface area contributed by atoms with Gasteiger partial charge < -0.3 is 0 Å². The number of alkyl halides is 5. The molecule has 0 fully saturated rings. The van der Waals surface area contributed by atoms with E-state index in [4.69, 9.17) is 0 Å². The average molecular weight is 192 g/mol. The summed E-state index contributed by atoms with van der Waals surface area (Å²) in [4.78, 5) is 9.37. The topological polar surface area (TPSA) is 17.1 Å². The maximum Gasteiger partial charge on any atom is 0.457 e. The first-order valence-corrected chi connectivity index (χ1v) is 2.49. The minimum absolute atomic E-state index is 0.736. The highest BCUT2D eigenvalue weighted by molar-refractivity contribution is 5.70. The molecule has 0 aliphatic carbocycles. The second-order valence-corrected chi connectivity index (χ2v) is 1.77. The predicted molar refractivity (Wildman–Crippen MR) is 26.3 cm³/mol. The third kappa shape index (κ3) is 2.55. The lowest BCUT2D eigenvalue weighted by Crippen LogP contribution is -2.34. The zero-order valence-corrected chi connectivity index (χ0v) is 5.33. The molecule has 0 aliphatic heterocycles. The van der Waals surface area contributed by atoms with Gasteiger partial charge in [0.1, 0.15) is 0 Å². The lowest BCUT2D eigenvalue weighted by molar-refractivity contribution is -0.259. The van der Waals surface area contributed by atoms with Gasteiger partial charge in [0.25, 0.3) is 0 Å². The molecule has 0 amide bonds. The molecule has 0 aliphatic rings. The van der Waals surface area contributed by atoms with Crippen molar-refractivity contribution in [2.45, 2.75) is 12.1 Å². The Morgan fingerprint density at radius 2 is 1.50 bits per heavy atom. The smallest absolute Gasteiger partial charge is 0.295 e. The van der Waals surface area contributed by atoms with Gasteiger partial charge in [-0.2, -0.15) is 22.0 Å². The molecular weight excluding hydrogens is 190 g/mol. The number of carbonyl (C=O) groups excluding carboxylic acids is 1. The first kappa shape index (κ1) is 11.0. The maximum atomic E-state index is 11.8. The molecule has 70 valence electrons. The Kier molecular flexibility index (Phi) is 2.89. The van der Waals surface area contributed by atoms with Gasteiger partial charge in [0.2, 0.25) is 0 Å². The van der Waals surface area contributed by atoms with Crippen molar-refractivity contribution < 1.29 is 31.1 Å². The zero-order valence-electron chi connectivity index (χ0n) is 5.33. The summed E-state index contributed by atoms with van der Waals surface area (Å²) < 4.78 is 69.0. The van der Waals surface area contributed by atoms with Gasteiger partial charge in [-0.05, 0) is 0 Å². The number of aldehydes is 1. The van der Waals surface area contributed by atoms with Gasteiger partial charge in [-0.15, -0.1) is 0 Å². The Balaban J connectivity index is 4.75. The Morgan fingerprint density at radius 1 is 1.08 bits per heavy atom. The van der Waals surface area contributed by atoms with Crippen molar-refractivity contribution in [2.24, 2.45) is 0 Å². The van der Waals surface area contributed by atoms with Crippen LogP contribution in [0.4, 0.5) is 26.3 Å². The summed E-state index contributed by atoms with van der Waals surface area (Å²) in [5, 5.41) is 0. The van der Waals surface area contributed by atoms with E-state index in [2.05, 4.69) is 0 Å². The Morgan fingerprint density at radius 3 is 1.75 bits per heavy atom. The van der Waals surface area contributed by atoms with Crippen LogP contribution in [0.5, 0.6) is 0 Å². The molecular formula is C5H2F6O. The van der Waals surface area contributed by atoms with Crippen LogP contribution in [-0.2, 0) is 4.79 Å². The lowest BCUT2D eigenvalue weighted by atomic mass is 10.3. The van der Waals surface area contributed by atoms with Gasteiger partial charge in [0.15, 0.2) is 12.1 Å². The lowest BCUT2D eigenvalue weighted by Gasteiger charge is -2.14. The molecule has 0 aromatic heterocycles. The van der Waals surface area contributed by atoms with Crippen LogP contribution < -0.4 is 0 Å². The van der Waals surface area contributed by atoms with Crippen LogP contribution in [0.2, 0.25) is 0 Å². The molecule has 0 unspecified atom stereocenters. The van der Waals surface area contributed by atoms with E-state index in [0.29, 0.717) is 0 Å². The number of hydrogen-bond acceptors (Lipinski definition) is 1. The predicted octanol–water partition coefficient (Wildman–Crippen LogP) is 2.24. The average Bonchev–Trinajstić information content (AvgIpc) is 1.84. The summed E-state index contributed by atoms with van der Waals surface area (Å²) in [6.45, 7) is 0. The van der Waals surface area contributed by atoms with Crippen molar-refractivity contribution in [3.05, 3.63) is 11.9 Å². The Bertz CT molecular complexity index is 202. The molecule has 0 N–H and O–H groups in total. The van der Waals surface area contributed by atoms with Crippen molar-refractivity contribution in [1.82, 2.24) is 0 Å². The van der Waals surface area contributed by atoms with Crippen LogP contribution in [0.1, 0.15) is 0 Å². The third-order valence-corrected chi connectivity index (χ3v) is 0.810. The van der Waals surface area contributed by atoms with Crippen molar-refractivity contribution in [2.75, 3.05) is 0 Å². The van der Waals surface area contributed by atoms with E-state index >= 15 is 0 Å².